The third-order valence-corrected chi connectivity index (χ3v) is 7.55. The highest BCUT2D eigenvalue weighted by atomic mass is 32.2. The zero-order valence-corrected chi connectivity index (χ0v) is 21.1. The van der Waals surface area contributed by atoms with Crippen LogP contribution in [0.3, 0.4) is 0 Å². The fourth-order valence-corrected chi connectivity index (χ4v) is 5.77. The highest BCUT2D eigenvalue weighted by Crippen LogP contribution is 2.47. The van der Waals surface area contributed by atoms with Crippen LogP contribution in [0, 0.1) is 22.5 Å². The average molecular weight is 503 g/mol. The zero-order chi connectivity index (χ0) is 25.6. The van der Waals surface area contributed by atoms with Crippen molar-refractivity contribution in [3.05, 3.63) is 103 Å². The van der Waals surface area contributed by atoms with Gasteiger partial charge in [0.2, 0.25) is 0 Å². The van der Waals surface area contributed by atoms with Crippen molar-refractivity contribution in [1.29, 1.82) is 0 Å². The number of allylic oxidation sites excluding steroid dienone is 2. The Balaban J connectivity index is 1.54. The summed E-state index contributed by atoms with van der Waals surface area (Å²) in [5, 5.41) is 14.8. The van der Waals surface area contributed by atoms with E-state index in [1.165, 1.54) is 23.9 Å². The number of carbonyl (C=O) groups is 1. The van der Waals surface area contributed by atoms with Crippen molar-refractivity contribution in [3.63, 3.8) is 0 Å². The van der Waals surface area contributed by atoms with E-state index in [9.17, 15) is 19.7 Å². The van der Waals surface area contributed by atoms with E-state index in [0.29, 0.717) is 40.7 Å². The first kappa shape index (κ1) is 24.0. The summed E-state index contributed by atoms with van der Waals surface area (Å²) >= 11 is 1.30. The van der Waals surface area contributed by atoms with Crippen LogP contribution in [0.15, 0.2) is 69.8 Å². The van der Waals surface area contributed by atoms with Crippen LogP contribution in [0.1, 0.15) is 54.9 Å². The van der Waals surface area contributed by atoms with Gasteiger partial charge in [0.1, 0.15) is 5.82 Å². The molecule has 0 unspecified atom stereocenters. The maximum absolute atomic E-state index is 13.4. The van der Waals surface area contributed by atoms with Crippen LogP contribution >= 0.6 is 11.8 Å². The van der Waals surface area contributed by atoms with Crippen molar-refractivity contribution in [3.8, 4) is 0 Å². The molecule has 0 radical (unpaired) electrons. The predicted molar refractivity (Wildman–Crippen MR) is 139 cm³/mol. The molecule has 0 bridgehead atoms. The fraction of sp³-hybridized carbons (Fsp3) is 0.296. The number of aromatic amines is 1. The summed E-state index contributed by atoms with van der Waals surface area (Å²) < 4.78 is 0. The second kappa shape index (κ2) is 9.05. The molecule has 0 saturated carbocycles. The molecule has 2 aliphatic rings. The number of hydrogen-bond donors (Lipinski definition) is 2. The van der Waals surface area contributed by atoms with Gasteiger partial charge in [-0.15, -0.1) is 0 Å². The predicted octanol–water partition coefficient (Wildman–Crippen LogP) is 5.48. The zero-order valence-electron chi connectivity index (χ0n) is 20.3. The van der Waals surface area contributed by atoms with Gasteiger partial charge in [0.05, 0.1) is 10.5 Å². The van der Waals surface area contributed by atoms with Crippen molar-refractivity contribution >= 4 is 29.1 Å². The number of anilines is 1. The summed E-state index contributed by atoms with van der Waals surface area (Å²) in [7, 11) is 0. The number of Topliss-reactive ketones (excluding diaryl/α,β-unsaturated/α-hetero) is 1. The molecule has 0 amide bonds. The van der Waals surface area contributed by atoms with Crippen LogP contribution in [0.5, 0.6) is 0 Å². The Kier molecular flexibility index (Phi) is 6.04. The molecular formula is C27H26N4O4S. The molecule has 2 aromatic carbocycles. The molecule has 1 atom stereocenters. The molecule has 3 aromatic rings. The lowest BCUT2D eigenvalue weighted by Crippen LogP contribution is -2.37. The Hall–Kier alpha value is -3.72. The first-order valence-electron chi connectivity index (χ1n) is 11.7. The molecule has 2 heterocycles. The summed E-state index contributed by atoms with van der Waals surface area (Å²) in [5.74, 6) is 0.417. The molecular weight excluding hydrogens is 476 g/mol. The number of H-pyrrole nitrogens is 1. The number of benzene rings is 2. The molecule has 0 fully saturated rings. The number of thioether (sulfide) groups is 1. The summed E-state index contributed by atoms with van der Waals surface area (Å²) in [4.78, 5) is 45.0. The number of nitrogens with zero attached hydrogens (tertiary/aromatic N) is 2. The molecule has 2 N–H and O–H groups in total. The summed E-state index contributed by atoms with van der Waals surface area (Å²) in [5.41, 5.74) is 4.16. The second-order valence-electron chi connectivity index (χ2n) is 10.2. The van der Waals surface area contributed by atoms with Gasteiger partial charge in [-0.05, 0) is 29.9 Å². The van der Waals surface area contributed by atoms with E-state index >= 15 is 0 Å². The number of aryl methyl sites for hydroxylation is 1. The van der Waals surface area contributed by atoms with Gasteiger partial charge in [0.15, 0.2) is 10.9 Å². The average Bonchev–Trinajstić information content (AvgIpc) is 2.81. The Morgan fingerprint density at radius 2 is 1.89 bits per heavy atom. The lowest BCUT2D eigenvalue weighted by atomic mass is 9.69. The molecule has 184 valence electrons. The molecule has 0 saturated heterocycles. The van der Waals surface area contributed by atoms with E-state index in [2.05, 4.69) is 24.1 Å². The highest BCUT2D eigenvalue weighted by Gasteiger charge is 2.42. The number of rotatable bonds is 5. The SMILES string of the molecule is Cc1ccc([C@H]2C3=C(CC(C)(C)CC3=O)Nc3nc(SCc4cccc([N+](=O)[O-])c4)[nH]c(=O)c32)cc1. The van der Waals surface area contributed by atoms with E-state index < -0.39 is 10.8 Å². The number of nitrogens with one attached hydrogen (secondary N) is 2. The van der Waals surface area contributed by atoms with Crippen LogP contribution in [0.25, 0.3) is 0 Å². The number of carbonyl (C=O) groups excluding carboxylic acids is 1. The number of non-ortho nitro benzene ring substituents is 1. The van der Waals surface area contributed by atoms with E-state index in [1.807, 2.05) is 31.2 Å². The van der Waals surface area contributed by atoms with E-state index in [0.717, 1.165) is 22.4 Å². The third kappa shape index (κ3) is 4.58. The minimum atomic E-state index is -0.493. The number of nitro groups is 1. The van der Waals surface area contributed by atoms with Crippen LogP contribution in [-0.4, -0.2) is 20.7 Å². The van der Waals surface area contributed by atoms with Gasteiger partial charge in [-0.2, -0.15) is 0 Å². The molecule has 36 heavy (non-hydrogen) atoms. The lowest BCUT2D eigenvalue weighted by Gasteiger charge is -2.38. The maximum Gasteiger partial charge on any atom is 0.269 e. The quantitative estimate of drug-likeness (QED) is 0.205. The van der Waals surface area contributed by atoms with Crippen molar-refractivity contribution in [1.82, 2.24) is 9.97 Å². The largest absolute Gasteiger partial charge is 0.343 e. The number of fused-ring (bicyclic) bond motifs is 1. The molecule has 8 nitrogen and oxygen atoms in total. The molecule has 1 aliphatic carbocycles. The van der Waals surface area contributed by atoms with E-state index in [1.54, 1.807) is 12.1 Å². The Morgan fingerprint density at radius 1 is 1.14 bits per heavy atom. The normalized spacial score (nSPS) is 18.3. The van der Waals surface area contributed by atoms with Gasteiger partial charge in [-0.1, -0.05) is 67.6 Å². The van der Waals surface area contributed by atoms with Crippen molar-refractivity contribution < 1.29 is 9.72 Å². The summed E-state index contributed by atoms with van der Waals surface area (Å²) in [6.07, 6.45) is 1.11. The van der Waals surface area contributed by atoms with Crippen LogP contribution in [0.2, 0.25) is 0 Å². The Labute approximate surface area is 212 Å². The van der Waals surface area contributed by atoms with Gasteiger partial charge in [0, 0.05) is 41.5 Å². The number of hydrogen-bond acceptors (Lipinski definition) is 7. The minimum absolute atomic E-state index is 0.0200. The van der Waals surface area contributed by atoms with Crippen molar-refractivity contribution in [2.75, 3.05) is 5.32 Å². The Bertz CT molecular complexity index is 1470. The van der Waals surface area contributed by atoms with Gasteiger partial charge in [0.25, 0.3) is 11.2 Å². The van der Waals surface area contributed by atoms with Crippen LogP contribution in [0.4, 0.5) is 11.5 Å². The summed E-state index contributed by atoms with van der Waals surface area (Å²) in [6.45, 7) is 6.13. The molecule has 0 spiro atoms. The second-order valence-corrected chi connectivity index (χ2v) is 11.1. The lowest BCUT2D eigenvalue weighted by molar-refractivity contribution is -0.384. The van der Waals surface area contributed by atoms with Crippen LogP contribution in [-0.2, 0) is 10.5 Å². The number of ketones is 1. The van der Waals surface area contributed by atoms with Gasteiger partial charge >= 0.3 is 0 Å². The first-order chi connectivity index (χ1) is 17.1. The highest BCUT2D eigenvalue weighted by molar-refractivity contribution is 7.98. The maximum atomic E-state index is 13.4. The smallest absolute Gasteiger partial charge is 0.269 e. The number of nitro benzene ring substituents is 1. The molecule has 9 heteroatoms. The van der Waals surface area contributed by atoms with E-state index in [-0.39, 0.29) is 22.4 Å². The van der Waals surface area contributed by atoms with Gasteiger partial charge < -0.3 is 10.3 Å². The standard InChI is InChI=1S/C27H26N4O4S/c1-15-7-9-17(10-8-15)21-22-19(12-27(2,3)13-20(22)32)28-24-23(21)25(33)30-26(29-24)36-14-16-5-4-6-18(11-16)31(34)35/h4-11,21H,12-14H2,1-3H3,(H2,28,29,30,33)/t21-/m0/s1. The fourth-order valence-electron chi connectivity index (χ4n) is 4.97. The topological polar surface area (TPSA) is 118 Å². The van der Waals surface area contributed by atoms with Crippen molar-refractivity contribution in [2.45, 2.75) is 50.4 Å². The first-order valence-corrected chi connectivity index (χ1v) is 12.7. The third-order valence-electron chi connectivity index (χ3n) is 6.61. The monoisotopic (exact) mass is 502 g/mol. The van der Waals surface area contributed by atoms with Gasteiger partial charge in [-0.3, -0.25) is 19.7 Å². The van der Waals surface area contributed by atoms with Gasteiger partial charge in [-0.25, -0.2) is 4.98 Å². The summed E-state index contributed by atoms with van der Waals surface area (Å²) in [6, 6.07) is 14.3. The minimum Gasteiger partial charge on any atom is -0.343 e. The number of aromatic nitrogens is 2. The van der Waals surface area contributed by atoms with Crippen LogP contribution < -0.4 is 10.9 Å². The molecule has 5 rings (SSSR count). The molecule has 1 aromatic heterocycles. The molecule has 1 aliphatic heterocycles. The van der Waals surface area contributed by atoms with E-state index in [4.69, 9.17) is 4.98 Å². The van der Waals surface area contributed by atoms with Crippen molar-refractivity contribution in [2.24, 2.45) is 5.41 Å². The Morgan fingerprint density at radius 3 is 2.61 bits per heavy atom.